The highest BCUT2D eigenvalue weighted by Gasteiger charge is 2.50. The second-order valence-electron chi connectivity index (χ2n) is 11.2. The van der Waals surface area contributed by atoms with Gasteiger partial charge in [0.05, 0.1) is 13.1 Å². The Hall–Kier alpha value is -3.87. The molecule has 2 aliphatic heterocycles. The molecule has 0 spiro atoms. The topological polar surface area (TPSA) is 99.7 Å². The molecule has 5 rings (SSSR count). The van der Waals surface area contributed by atoms with E-state index in [4.69, 9.17) is 0 Å². The molecule has 0 unspecified atom stereocenters. The van der Waals surface area contributed by atoms with Gasteiger partial charge in [0.1, 0.15) is 18.0 Å². The summed E-state index contributed by atoms with van der Waals surface area (Å²) >= 11 is 0. The number of hydrazine groups is 1. The summed E-state index contributed by atoms with van der Waals surface area (Å²) in [5, 5.41) is 16.0. The van der Waals surface area contributed by atoms with Gasteiger partial charge >= 0.3 is 6.03 Å². The van der Waals surface area contributed by atoms with Crippen molar-refractivity contribution in [2.75, 3.05) is 39.1 Å². The van der Waals surface area contributed by atoms with Gasteiger partial charge in [0.25, 0.3) is 0 Å². The molecule has 12 heteroatoms. The number of anilines is 1. The summed E-state index contributed by atoms with van der Waals surface area (Å²) in [5.74, 6) is -0.259. The number of rotatable bonds is 7. The molecule has 0 bridgehead atoms. The van der Waals surface area contributed by atoms with Crippen LogP contribution in [0.1, 0.15) is 22.3 Å². The van der Waals surface area contributed by atoms with Gasteiger partial charge in [-0.15, -0.1) is 0 Å². The number of piperazine rings is 1. The number of urea groups is 1. The molecule has 0 aliphatic carbocycles. The molecule has 10 nitrogen and oxygen atoms in total. The molecule has 236 valence electrons. The van der Waals surface area contributed by atoms with Crippen molar-refractivity contribution < 1.29 is 19.5 Å². The number of aryl methyl sites for hydroxylation is 1. The number of para-hydroxylation sites is 1. The first-order chi connectivity index (χ1) is 20.1. The predicted octanol–water partition coefficient (Wildman–Crippen LogP) is 3.17. The Kier molecular flexibility index (Phi) is 11.6. The lowest BCUT2D eigenvalue weighted by molar-refractivity contribution is -0.187. The first-order valence-electron chi connectivity index (χ1n) is 14.1. The minimum atomic E-state index is -0.813. The van der Waals surface area contributed by atoms with Gasteiger partial charge < -0.3 is 25.1 Å². The summed E-state index contributed by atoms with van der Waals surface area (Å²) in [4.78, 5) is 46.8. The van der Waals surface area contributed by atoms with Crippen molar-refractivity contribution in [2.45, 2.75) is 38.6 Å². The molecular weight excluding hydrogens is 597 g/mol. The Labute approximate surface area is 273 Å². The SMILES string of the molecule is Cc1cccc(CN2C[C@H]3N(C(=O)CN(C)N3C(=O)NCc3ccccc3)[C@@H](Cc3ccc(O)cc3)C2=O)c1N(C)C.S.S. The maximum atomic E-state index is 14.2. The molecule has 44 heavy (non-hydrogen) atoms. The lowest BCUT2D eigenvalue weighted by atomic mass is 9.97. The molecule has 2 aliphatic rings. The van der Waals surface area contributed by atoms with E-state index < -0.39 is 12.2 Å². The van der Waals surface area contributed by atoms with Crippen LogP contribution in [0.5, 0.6) is 5.75 Å². The Morgan fingerprint density at radius 3 is 2.30 bits per heavy atom. The van der Waals surface area contributed by atoms with Crippen LogP contribution in [-0.2, 0) is 29.1 Å². The summed E-state index contributed by atoms with van der Waals surface area (Å²) < 4.78 is 0. The Morgan fingerprint density at radius 2 is 1.64 bits per heavy atom. The quantitative estimate of drug-likeness (QED) is 0.413. The van der Waals surface area contributed by atoms with E-state index in [0.717, 1.165) is 27.9 Å². The number of carbonyl (C=O) groups is 3. The van der Waals surface area contributed by atoms with Crippen molar-refractivity contribution >= 4 is 50.5 Å². The summed E-state index contributed by atoms with van der Waals surface area (Å²) in [7, 11) is 5.68. The number of nitrogens with zero attached hydrogens (tertiary/aromatic N) is 5. The third kappa shape index (κ3) is 7.25. The lowest BCUT2D eigenvalue weighted by Gasteiger charge is -2.54. The molecule has 0 radical (unpaired) electrons. The average Bonchev–Trinajstić information content (AvgIpc) is 2.95. The molecule has 2 heterocycles. The van der Waals surface area contributed by atoms with Gasteiger partial charge in [0, 0.05) is 46.3 Å². The van der Waals surface area contributed by atoms with Gasteiger partial charge in [-0.05, 0) is 41.3 Å². The molecule has 0 saturated carbocycles. The van der Waals surface area contributed by atoms with Crippen molar-refractivity contribution in [3.05, 3.63) is 95.1 Å². The van der Waals surface area contributed by atoms with Gasteiger partial charge in [0.15, 0.2) is 0 Å². The zero-order chi connectivity index (χ0) is 30.0. The number of likely N-dealkylation sites (N-methyl/N-ethyl adjacent to an activating group) is 1. The standard InChI is InChI=1S/C32H38N6O4.2H2S/c1-22-9-8-12-25(30(22)34(2)3)19-36-20-28-37(27(31(36)41)17-23-13-15-26(39)16-14-23)29(40)21-35(4)38(28)32(42)33-18-24-10-6-5-7-11-24;;/h5-16,27-28,39H,17-21H2,1-4H3,(H,33,42);2*1H2/t27-,28-;;/m0../s1. The highest BCUT2D eigenvalue weighted by Crippen LogP contribution is 2.31. The van der Waals surface area contributed by atoms with E-state index in [1.807, 2.05) is 74.4 Å². The van der Waals surface area contributed by atoms with E-state index in [1.165, 1.54) is 0 Å². The van der Waals surface area contributed by atoms with Crippen LogP contribution in [0.25, 0.3) is 0 Å². The van der Waals surface area contributed by atoms with Gasteiger partial charge in [-0.2, -0.15) is 27.0 Å². The summed E-state index contributed by atoms with van der Waals surface area (Å²) in [5.41, 5.74) is 4.89. The number of fused-ring (bicyclic) bond motifs is 1. The monoisotopic (exact) mass is 638 g/mol. The average molecular weight is 639 g/mol. The number of phenols is 1. The smallest absolute Gasteiger partial charge is 0.334 e. The van der Waals surface area contributed by atoms with E-state index in [2.05, 4.69) is 5.32 Å². The highest BCUT2D eigenvalue weighted by atomic mass is 32.1. The van der Waals surface area contributed by atoms with Gasteiger partial charge in [-0.3, -0.25) is 9.59 Å². The Balaban J connectivity index is 0.00000264. The van der Waals surface area contributed by atoms with Crippen LogP contribution in [0.4, 0.5) is 10.5 Å². The molecule has 2 N–H and O–H groups in total. The van der Waals surface area contributed by atoms with E-state index >= 15 is 0 Å². The number of hydrogen-bond acceptors (Lipinski definition) is 6. The number of aromatic hydroxyl groups is 1. The Bertz CT molecular complexity index is 1460. The fraction of sp³-hybridized carbons (Fsp3) is 0.344. The van der Waals surface area contributed by atoms with Gasteiger partial charge in [-0.25, -0.2) is 14.8 Å². The van der Waals surface area contributed by atoms with Crippen molar-refractivity contribution in [1.29, 1.82) is 0 Å². The minimum Gasteiger partial charge on any atom is -0.508 e. The fourth-order valence-electron chi connectivity index (χ4n) is 6.05. The maximum absolute atomic E-state index is 14.2. The molecule has 4 amide bonds. The van der Waals surface area contributed by atoms with Gasteiger partial charge in [0.2, 0.25) is 11.8 Å². The van der Waals surface area contributed by atoms with Gasteiger partial charge in [-0.1, -0.05) is 60.7 Å². The molecule has 2 saturated heterocycles. The first kappa shape index (κ1) is 34.6. The fourth-order valence-corrected chi connectivity index (χ4v) is 6.05. The van der Waals surface area contributed by atoms with E-state index in [9.17, 15) is 19.5 Å². The van der Waals surface area contributed by atoms with Crippen LogP contribution in [-0.4, -0.2) is 89.2 Å². The third-order valence-corrected chi connectivity index (χ3v) is 7.93. The number of nitrogens with one attached hydrogen (secondary N) is 1. The zero-order valence-corrected chi connectivity index (χ0v) is 27.5. The lowest BCUT2D eigenvalue weighted by Crippen LogP contribution is -2.76. The molecule has 3 aromatic carbocycles. The summed E-state index contributed by atoms with van der Waals surface area (Å²) in [6.45, 7) is 2.85. The normalized spacial score (nSPS) is 18.2. The largest absolute Gasteiger partial charge is 0.508 e. The number of benzene rings is 3. The van der Waals surface area contributed by atoms with Crippen LogP contribution in [0, 0.1) is 6.92 Å². The summed E-state index contributed by atoms with van der Waals surface area (Å²) in [6.07, 6.45) is -0.436. The van der Waals surface area contributed by atoms with Crippen molar-refractivity contribution in [1.82, 2.24) is 25.1 Å². The Morgan fingerprint density at radius 1 is 0.955 bits per heavy atom. The number of hydrogen-bond donors (Lipinski definition) is 2. The molecule has 0 aromatic heterocycles. The number of phenolic OH excluding ortho intramolecular Hbond substituents is 1. The molecular formula is C32H42N6O4S2. The van der Waals surface area contributed by atoms with Crippen LogP contribution in [0.15, 0.2) is 72.8 Å². The third-order valence-electron chi connectivity index (χ3n) is 7.93. The second kappa shape index (κ2) is 14.7. The van der Waals surface area contributed by atoms with Crippen LogP contribution in [0.2, 0.25) is 0 Å². The van der Waals surface area contributed by atoms with Crippen molar-refractivity contribution in [2.24, 2.45) is 0 Å². The zero-order valence-electron chi connectivity index (χ0n) is 25.5. The number of carbonyl (C=O) groups excluding carboxylic acids is 3. The van der Waals surface area contributed by atoms with E-state index in [-0.39, 0.29) is 70.1 Å². The minimum absolute atomic E-state index is 0. The molecule has 2 fully saturated rings. The van der Waals surface area contributed by atoms with Crippen molar-refractivity contribution in [3.8, 4) is 5.75 Å². The number of amides is 4. The van der Waals surface area contributed by atoms with Crippen molar-refractivity contribution in [3.63, 3.8) is 0 Å². The first-order valence-corrected chi connectivity index (χ1v) is 14.1. The van der Waals surface area contributed by atoms with Crippen LogP contribution in [0.3, 0.4) is 0 Å². The molecule has 3 aromatic rings. The predicted molar refractivity (Wildman–Crippen MR) is 181 cm³/mol. The van der Waals surface area contributed by atoms with Crippen LogP contribution < -0.4 is 10.2 Å². The maximum Gasteiger partial charge on any atom is 0.334 e. The van der Waals surface area contributed by atoms with Crippen LogP contribution >= 0.6 is 27.0 Å². The summed E-state index contributed by atoms with van der Waals surface area (Å²) in [6, 6.07) is 21.2. The van der Waals surface area contributed by atoms with E-state index in [0.29, 0.717) is 13.1 Å². The highest BCUT2D eigenvalue weighted by molar-refractivity contribution is 7.59. The molecule has 2 atom stereocenters. The van der Waals surface area contributed by atoms with E-state index in [1.54, 1.807) is 51.1 Å². The second-order valence-corrected chi connectivity index (χ2v) is 11.2.